The standard InChI is InChI=1S/C15H21NO4/c1-5-20-15(18)10-16(3)9-13-8-12(11(2)17)6-7-14(13)19-4/h6-8H,5,9-10H2,1-4H3. The number of benzene rings is 1. The van der Waals surface area contributed by atoms with E-state index in [0.717, 1.165) is 5.56 Å². The van der Waals surface area contributed by atoms with Gasteiger partial charge in [-0.1, -0.05) is 0 Å². The summed E-state index contributed by atoms with van der Waals surface area (Å²) in [5, 5.41) is 0. The third-order valence-corrected chi connectivity index (χ3v) is 2.83. The molecule has 0 aromatic heterocycles. The van der Waals surface area contributed by atoms with Gasteiger partial charge in [0.05, 0.1) is 20.3 Å². The van der Waals surface area contributed by atoms with Crippen LogP contribution >= 0.6 is 0 Å². The molecule has 1 aromatic carbocycles. The van der Waals surface area contributed by atoms with Gasteiger partial charge in [0, 0.05) is 17.7 Å². The van der Waals surface area contributed by atoms with E-state index in [4.69, 9.17) is 9.47 Å². The van der Waals surface area contributed by atoms with Crippen LogP contribution in [-0.2, 0) is 16.1 Å². The first-order valence-corrected chi connectivity index (χ1v) is 6.50. The number of esters is 1. The van der Waals surface area contributed by atoms with Gasteiger partial charge in [-0.05, 0) is 39.1 Å². The van der Waals surface area contributed by atoms with Crippen molar-refractivity contribution >= 4 is 11.8 Å². The number of hydrogen-bond acceptors (Lipinski definition) is 5. The van der Waals surface area contributed by atoms with Crippen LogP contribution < -0.4 is 4.74 Å². The molecule has 1 aromatic rings. The smallest absolute Gasteiger partial charge is 0.320 e. The van der Waals surface area contributed by atoms with Crippen LogP contribution in [0.5, 0.6) is 5.75 Å². The van der Waals surface area contributed by atoms with Gasteiger partial charge in [-0.15, -0.1) is 0 Å². The fourth-order valence-corrected chi connectivity index (χ4v) is 1.89. The molecule has 0 bridgehead atoms. The molecule has 0 fully saturated rings. The highest BCUT2D eigenvalue weighted by Gasteiger charge is 2.12. The fourth-order valence-electron chi connectivity index (χ4n) is 1.89. The number of methoxy groups -OCH3 is 1. The van der Waals surface area contributed by atoms with Crippen molar-refractivity contribution in [2.24, 2.45) is 0 Å². The number of ether oxygens (including phenoxy) is 2. The molecule has 0 aliphatic rings. The number of likely N-dealkylation sites (N-methyl/N-ethyl adjacent to an activating group) is 1. The first-order valence-electron chi connectivity index (χ1n) is 6.50. The second-order valence-electron chi connectivity index (χ2n) is 4.56. The van der Waals surface area contributed by atoms with E-state index in [1.165, 1.54) is 6.92 Å². The van der Waals surface area contributed by atoms with Crippen LogP contribution in [0.3, 0.4) is 0 Å². The highest BCUT2D eigenvalue weighted by atomic mass is 16.5. The molecule has 0 spiro atoms. The zero-order chi connectivity index (χ0) is 15.1. The Labute approximate surface area is 119 Å². The maximum atomic E-state index is 11.4. The second kappa shape index (κ2) is 7.65. The summed E-state index contributed by atoms with van der Waals surface area (Å²) in [5.41, 5.74) is 1.50. The lowest BCUT2D eigenvalue weighted by atomic mass is 10.1. The molecule has 0 aliphatic heterocycles. The molecule has 0 atom stereocenters. The molecule has 0 aliphatic carbocycles. The van der Waals surface area contributed by atoms with Crippen molar-refractivity contribution < 1.29 is 19.1 Å². The Morgan fingerprint density at radius 1 is 1.30 bits per heavy atom. The summed E-state index contributed by atoms with van der Waals surface area (Å²) < 4.78 is 10.2. The molecule has 20 heavy (non-hydrogen) atoms. The minimum Gasteiger partial charge on any atom is -0.496 e. The Kier molecular flexibility index (Phi) is 6.18. The molecule has 0 N–H and O–H groups in total. The molecule has 0 unspecified atom stereocenters. The quantitative estimate of drug-likeness (QED) is 0.563. The lowest BCUT2D eigenvalue weighted by Crippen LogP contribution is -2.27. The van der Waals surface area contributed by atoms with Crippen molar-refractivity contribution in [3.8, 4) is 5.75 Å². The van der Waals surface area contributed by atoms with Gasteiger partial charge in [0.1, 0.15) is 5.75 Å². The predicted octanol–water partition coefficient (Wildman–Crippen LogP) is 1.89. The van der Waals surface area contributed by atoms with Crippen LogP contribution in [0.2, 0.25) is 0 Å². The van der Waals surface area contributed by atoms with Crippen LogP contribution in [0, 0.1) is 0 Å². The van der Waals surface area contributed by atoms with Crippen LogP contribution in [0.1, 0.15) is 29.8 Å². The van der Waals surface area contributed by atoms with Gasteiger partial charge < -0.3 is 9.47 Å². The normalized spacial score (nSPS) is 10.4. The minimum absolute atomic E-state index is 0.00180. The van der Waals surface area contributed by atoms with Crippen LogP contribution in [0.4, 0.5) is 0 Å². The van der Waals surface area contributed by atoms with Crippen molar-refractivity contribution in [3.05, 3.63) is 29.3 Å². The Morgan fingerprint density at radius 2 is 2.00 bits per heavy atom. The maximum Gasteiger partial charge on any atom is 0.320 e. The fraction of sp³-hybridized carbons (Fsp3) is 0.467. The largest absolute Gasteiger partial charge is 0.496 e. The van der Waals surface area contributed by atoms with E-state index >= 15 is 0 Å². The Hall–Kier alpha value is -1.88. The molecular formula is C15H21NO4. The van der Waals surface area contributed by atoms with Gasteiger partial charge >= 0.3 is 5.97 Å². The minimum atomic E-state index is -0.267. The van der Waals surface area contributed by atoms with Gasteiger partial charge in [0.2, 0.25) is 0 Å². The van der Waals surface area contributed by atoms with E-state index in [1.54, 1.807) is 32.2 Å². The third kappa shape index (κ3) is 4.66. The monoisotopic (exact) mass is 279 g/mol. The van der Waals surface area contributed by atoms with E-state index in [1.807, 2.05) is 11.9 Å². The number of Topliss-reactive ketones (excluding diaryl/α,β-unsaturated/α-hetero) is 1. The van der Waals surface area contributed by atoms with Crippen LogP contribution in [0.15, 0.2) is 18.2 Å². The van der Waals surface area contributed by atoms with Crippen molar-refractivity contribution in [1.29, 1.82) is 0 Å². The Morgan fingerprint density at radius 3 is 2.55 bits per heavy atom. The number of hydrogen-bond donors (Lipinski definition) is 0. The van der Waals surface area contributed by atoms with E-state index in [-0.39, 0.29) is 18.3 Å². The molecule has 0 saturated heterocycles. The number of carbonyl (C=O) groups is 2. The number of carbonyl (C=O) groups excluding carboxylic acids is 2. The Balaban J connectivity index is 2.81. The lowest BCUT2D eigenvalue weighted by Gasteiger charge is -2.18. The van der Waals surface area contributed by atoms with E-state index in [2.05, 4.69) is 0 Å². The molecule has 5 heteroatoms. The summed E-state index contributed by atoms with van der Waals surface area (Å²) in [6, 6.07) is 5.29. The summed E-state index contributed by atoms with van der Waals surface area (Å²) in [4.78, 5) is 24.7. The highest BCUT2D eigenvalue weighted by molar-refractivity contribution is 5.94. The summed E-state index contributed by atoms with van der Waals surface area (Å²) in [6.45, 7) is 4.37. The van der Waals surface area contributed by atoms with Gasteiger partial charge in [0.25, 0.3) is 0 Å². The number of nitrogens with zero attached hydrogens (tertiary/aromatic N) is 1. The molecule has 0 amide bonds. The zero-order valence-corrected chi connectivity index (χ0v) is 12.4. The summed E-state index contributed by atoms with van der Waals surface area (Å²) >= 11 is 0. The zero-order valence-electron chi connectivity index (χ0n) is 12.4. The molecule has 0 radical (unpaired) electrons. The van der Waals surface area contributed by atoms with Crippen molar-refractivity contribution in [1.82, 2.24) is 4.90 Å². The molecule has 5 nitrogen and oxygen atoms in total. The lowest BCUT2D eigenvalue weighted by molar-refractivity contribution is -0.144. The molecule has 1 rings (SSSR count). The summed E-state index contributed by atoms with van der Waals surface area (Å²) in [7, 11) is 3.40. The average Bonchev–Trinajstić information content (AvgIpc) is 2.38. The van der Waals surface area contributed by atoms with Crippen molar-refractivity contribution in [2.45, 2.75) is 20.4 Å². The maximum absolute atomic E-state index is 11.4. The molecule has 0 saturated carbocycles. The van der Waals surface area contributed by atoms with Gasteiger partial charge in [-0.2, -0.15) is 0 Å². The average molecular weight is 279 g/mol. The van der Waals surface area contributed by atoms with Crippen LogP contribution in [0.25, 0.3) is 0 Å². The second-order valence-corrected chi connectivity index (χ2v) is 4.56. The van der Waals surface area contributed by atoms with E-state index < -0.39 is 0 Å². The number of rotatable bonds is 7. The van der Waals surface area contributed by atoms with Crippen LogP contribution in [-0.4, -0.2) is 44.0 Å². The summed E-state index contributed by atoms with van der Waals surface area (Å²) in [5.74, 6) is 0.435. The SMILES string of the molecule is CCOC(=O)CN(C)Cc1cc(C(C)=O)ccc1OC. The third-order valence-electron chi connectivity index (χ3n) is 2.83. The van der Waals surface area contributed by atoms with Gasteiger partial charge in [-0.3, -0.25) is 14.5 Å². The predicted molar refractivity (Wildman–Crippen MR) is 76.0 cm³/mol. The van der Waals surface area contributed by atoms with Crippen molar-refractivity contribution in [2.75, 3.05) is 27.3 Å². The van der Waals surface area contributed by atoms with Gasteiger partial charge in [-0.25, -0.2) is 0 Å². The van der Waals surface area contributed by atoms with E-state index in [0.29, 0.717) is 24.5 Å². The van der Waals surface area contributed by atoms with Gasteiger partial charge in [0.15, 0.2) is 5.78 Å². The topological polar surface area (TPSA) is 55.8 Å². The number of ketones is 1. The first-order chi connectivity index (χ1) is 9.47. The summed E-state index contributed by atoms with van der Waals surface area (Å²) in [6.07, 6.45) is 0. The molecule has 0 heterocycles. The van der Waals surface area contributed by atoms with Crippen molar-refractivity contribution in [3.63, 3.8) is 0 Å². The Bertz CT molecular complexity index is 485. The highest BCUT2D eigenvalue weighted by Crippen LogP contribution is 2.21. The molecule has 110 valence electrons. The van der Waals surface area contributed by atoms with E-state index in [9.17, 15) is 9.59 Å². The first kappa shape index (κ1) is 16.2. The molecular weight excluding hydrogens is 258 g/mol.